The molecular formula is C19H20FN3O3. The average molecular weight is 357 g/mol. The van der Waals surface area contributed by atoms with Crippen molar-refractivity contribution in [2.75, 3.05) is 0 Å². The molecule has 1 unspecified atom stereocenters. The largest absolute Gasteiger partial charge is 0.480 e. The molecule has 136 valence electrons. The number of aromatic nitrogens is 2. The molecule has 1 atom stereocenters. The first-order valence-electron chi connectivity index (χ1n) is 8.93. The predicted molar refractivity (Wildman–Crippen MR) is 91.8 cm³/mol. The van der Waals surface area contributed by atoms with Gasteiger partial charge in [-0.15, -0.1) is 0 Å². The number of carboxylic acid groups (broad SMARTS) is 1. The maximum atomic E-state index is 13.2. The van der Waals surface area contributed by atoms with E-state index in [1.54, 1.807) is 16.8 Å². The Morgan fingerprint density at radius 1 is 1.27 bits per heavy atom. The van der Waals surface area contributed by atoms with Crippen molar-refractivity contribution in [2.45, 2.75) is 44.6 Å². The van der Waals surface area contributed by atoms with Crippen LogP contribution in [0, 0.1) is 11.7 Å². The number of carboxylic acids is 1. The van der Waals surface area contributed by atoms with Gasteiger partial charge in [0.15, 0.2) is 5.69 Å². The normalized spacial score (nSPS) is 17.0. The summed E-state index contributed by atoms with van der Waals surface area (Å²) < 4.78 is 14.9. The first-order valence-corrected chi connectivity index (χ1v) is 8.93. The topological polar surface area (TPSA) is 84.2 Å². The molecule has 0 aliphatic heterocycles. The highest BCUT2D eigenvalue weighted by Crippen LogP contribution is 2.34. The number of nitrogens with one attached hydrogen (secondary N) is 1. The molecule has 1 fully saturated rings. The molecule has 26 heavy (non-hydrogen) atoms. The first kappa shape index (κ1) is 16.8. The van der Waals surface area contributed by atoms with Crippen LogP contribution in [-0.4, -0.2) is 32.8 Å². The number of fused-ring (bicyclic) bond motifs is 1. The second kappa shape index (κ2) is 6.55. The van der Waals surface area contributed by atoms with Gasteiger partial charge in [-0.25, -0.2) is 13.9 Å². The number of rotatable bonds is 6. The van der Waals surface area contributed by atoms with Gasteiger partial charge in [0.1, 0.15) is 11.9 Å². The van der Waals surface area contributed by atoms with E-state index in [4.69, 9.17) is 0 Å². The summed E-state index contributed by atoms with van der Waals surface area (Å²) in [4.78, 5) is 24.2. The van der Waals surface area contributed by atoms with Crippen LogP contribution >= 0.6 is 0 Å². The molecule has 0 radical (unpaired) electrons. The maximum absolute atomic E-state index is 13.2. The van der Waals surface area contributed by atoms with Crippen molar-refractivity contribution in [1.82, 2.24) is 15.1 Å². The summed E-state index contributed by atoms with van der Waals surface area (Å²) in [7, 11) is 0. The van der Waals surface area contributed by atoms with Crippen molar-refractivity contribution in [3.05, 3.63) is 47.0 Å². The molecule has 0 spiro atoms. The monoisotopic (exact) mass is 357 g/mol. The van der Waals surface area contributed by atoms with Gasteiger partial charge in [0, 0.05) is 11.3 Å². The zero-order valence-electron chi connectivity index (χ0n) is 14.2. The van der Waals surface area contributed by atoms with Gasteiger partial charge in [0.2, 0.25) is 0 Å². The molecule has 1 amide bonds. The summed E-state index contributed by atoms with van der Waals surface area (Å²) in [5.74, 6) is -1.41. The summed E-state index contributed by atoms with van der Waals surface area (Å²) in [6, 6.07) is 5.07. The minimum Gasteiger partial charge on any atom is -0.480 e. The van der Waals surface area contributed by atoms with Gasteiger partial charge in [-0.3, -0.25) is 4.79 Å². The van der Waals surface area contributed by atoms with Crippen LogP contribution in [-0.2, 0) is 17.6 Å². The van der Waals surface area contributed by atoms with Gasteiger partial charge in [-0.1, -0.05) is 12.8 Å². The summed E-state index contributed by atoms with van der Waals surface area (Å²) >= 11 is 0. The molecule has 1 saturated carbocycles. The summed E-state index contributed by atoms with van der Waals surface area (Å²) in [5, 5.41) is 16.4. The Labute approximate surface area is 150 Å². The summed E-state index contributed by atoms with van der Waals surface area (Å²) in [5.41, 5.74) is 2.78. The van der Waals surface area contributed by atoms with Crippen LogP contribution in [0.4, 0.5) is 4.39 Å². The average Bonchev–Trinajstić information content (AvgIpc) is 3.16. The van der Waals surface area contributed by atoms with E-state index in [1.165, 1.54) is 12.1 Å². The van der Waals surface area contributed by atoms with Gasteiger partial charge in [-0.2, -0.15) is 5.10 Å². The smallest absolute Gasteiger partial charge is 0.326 e. The number of carbonyl (C=O) groups excluding carboxylic acids is 1. The second-order valence-electron chi connectivity index (χ2n) is 7.06. The molecule has 2 aliphatic rings. The predicted octanol–water partition coefficient (Wildman–Crippen LogP) is 2.48. The van der Waals surface area contributed by atoms with Crippen molar-refractivity contribution in [1.29, 1.82) is 0 Å². The molecule has 0 bridgehead atoms. The molecular weight excluding hydrogens is 337 g/mol. The lowest BCUT2D eigenvalue weighted by atomic mass is 10.1. The Morgan fingerprint density at radius 2 is 2.00 bits per heavy atom. The standard InChI is InChI=1S/C19H20FN3O3/c20-12-6-8-13(9-7-12)23-16-3-1-2-14(16)17(22-23)18(24)21-15(19(25)26)10-11-4-5-11/h6-9,11,15H,1-5,10H2,(H,21,24)(H,25,26). The lowest BCUT2D eigenvalue weighted by molar-refractivity contribution is -0.139. The maximum Gasteiger partial charge on any atom is 0.326 e. The third kappa shape index (κ3) is 3.21. The fraction of sp³-hybridized carbons (Fsp3) is 0.421. The number of amides is 1. The van der Waals surface area contributed by atoms with E-state index < -0.39 is 17.9 Å². The Morgan fingerprint density at radius 3 is 2.65 bits per heavy atom. The van der Waals surface area contributed by atoms with Crippen molar-refractivity contribution >= 4 is 11.9 Å². The van der Waals surface area contributed by atoms with Crippen molar-refractivity contribution in [3.63, 3.8) is 0 Å². The van der Waals surface area contributed by atoms with Crippen molar-refractivity contribution in [2.24, 2.45) is 5.92 Å². The van der Waals surface area contributed by atoms with Gasteiger partial charge < -0.3 is 10.4 Å². The molecule has 7 heteroatoms. The second-order valence-corrected chi connectivity index (χ2v) is 7.06. The molecule has 0 saturated heterocycles. The lowest BCUT2D eigenvalue weighted by Gasteiger charge is -2.13. The Hall–Kier alpha value is -2.70. The molecule has 2 aromatic rings. The fourth-order valence-corrected chi connectivity index (χ4v) is 3.55. The Balaban J connectivity index is 1.62. The quantitative estimate of drug-likeness (QED) is 0.832. The fourth-order valence-electron chi connectivity index (χ4n) is 3.55. The van der Waals surface area contributed by atoms with Crippen LogP contribution in [0.3, 0.4) is 0 Å². The minimum atomic E-state index is -1.01. The van der Waals surface area contributed by atoms with Crippen LogP contribution < -0.4 is 5.32 Å². The molecule has 4 rings (SSSR count). The van der Waals surface area contributed by atoms with E-state index in [9.17, 15) is 19.1 Å². The molecule has 1 heterocycles. The van der Waals surface area contributed by atoms with Crippen molar-refractivity contribution < 1.29 is 19.1 Å². The van der Waals surface area contributed by atoms with Crippen molar-refractivity contribution in [3.8, 4) is 5.69 Å². The third-order valence-corrected chi connectivity index (χ3v) is 5.09. The third-order valence-electron chi connectivity index (χ3n) is 5.09. The van der Waals surface area contributed by atoms with E-state index in [-0.39, 0.29) is 11.5 Å². The summed E-state index contributed by atoms with van der Waals surface area (Å²) in [6.45, 7) is 0. The molecule has 1 aromatic carbocycles. The van der Waals surface area contributed by atoms with Gasteiger partial charge in [0.25, 0.3) is 5.91 Å². The van der Waals surface area contributed by atoms with Crippen LogP contribution in [0.2, 0.25) is 0 Å². The van der Waals surface area contributed by atoms with Gasteiger partial charge in [-0.05, 0) is 55.9 Å². The first-order chi connectivity index (χ1) is 12.5. The minimum absolute atomic E-state index is 0.281. The zero-order chi connectivity index (χ0) is 18.3. The van der Waals surface area contributed by atoms with E-state index in [1.807, 2.05) is 0 Å². The number of hydrogen-bond acceptors (Lipinski definition) is 3. The highest BCUT2D eigenvalue weighted by molar-refractivity contribution is 5.96. The van der Waals surface area contributed by atoms with Crippen LogP contribution in [0.5, 0.6) is 0 Å². The van der Waals surface area contributed by atoms with E-state index in [0.29, 0.717) is 18.0 Å². The molecule has 2 N–H and O–H groups in total. The highest BCUT2D eigenvalue weighted by atomic mass is 19.1. The van der Waals surface area contributed by atoms with E-state index in [0.717, 1.165) is 43.4 Å². The van der Waals surface area contributed by atoms with Gasteiger partial charge >= 0.3 is 5.97 Å². The van der Waals surface area contributed by atoms with Gasteiger partial charge in [0.05, 0.1) is 5.69 Å². The number of halogens is 1. The lowest BCUT2D eigenvalue weighted by Crippen LogP contribution is -2.41. The zero-order valence-corrected chi connectivity index (χ0v) is 14.2. The molecule has 2 aliphatic carbocycles. The molecule has 1 aromatic heterocycles. The Kier molecular flexibility index (Phi) is 4.22. The van der Waals surface area contributed by atoms with Crippen LogP contribution in [0.25, 0.3) is 5.69 Å². The van der Waals surface area contributed by atoms with Crippen LogP contribution in [0.1, 0.15) is 47.4 Å². The summed E-state index contributed by atoms with van der Waals surface area (Å²) in [6.07, 6.45) is 4.95. The van der Waals surface area contributed by atoms with E-state index in [2.05, 4.69) is 10.4 Å². The SMILES string of the molecule is O=C(NC(CC1CC1)C(=O)O)c1nn(-c2ccc(F)cc2)c2c1CCC2. The van der Waals surface area contributed by atoms with Crippen LogP contribution in [0.15, 0.2) is 24.3 Å². The number of carbonyl (C=O) groups is 2. The highest BCUT2D eigenvalue weighted by Gasteiger charge is 2.33. The van der Waals surface area contributed by atoms with E-state index >= 15 is 0 Å². The number of nitrogens with zero attached hydrogens (tertiary/aromatic N) is 2. The number of benzene rings is 1. The Bertz CT molecular complexity index is 856. The number of aliphatic carboxylic acids is 1. The molecule has 6 nitrogen and oxygen atoms in total. The number of hydrogen-bond donors (Lipinski definition) is 2.